The molecule has 0 radical (unpaired) electrons. The molecule has 0 saturated carbocycles. The number of aromatic nitrogens is 2. The van der Waals surface area contributed by atoms with Gasteiger partial charge in [0.15, 0.2) is 0 Å². The molecule has 5 heteroatoms. The second-order valence-corrected chi connectivity index (χ2v) is 5.18. The molecular weight excluding hydrogens is 292 g/mol. The van der Waals surface area contributed by atoms with Crippen LogP contribution in [-0.2, 0) is 0 Å². The van der Waals surface area contributed by atoms with Crippen LogP contribution in [0.2, 0.25) is 0 Å². The molecule has 1 aromatic carbocycles. The Morgan fingerprint density at radius 2 is 2.11 bits per heavy atom. The normalized spacial score (nSPS) is 10.7. The van der Waals surface area contributed by atoms with E-state index in [9.17, 15) is 0 Å². The van der Waals surface area contributed by atoms with Gasteiger partial charge in [-0.1, -0.05) is 26.0 Å². The van der Waals surface area contributed by atoms with E-state index < -0.39 is 0 Å². The number of benzene rings is 1. The van der Waals surface area contributed by atoms with Crippen molar-refractivity contribution in [1.29, 1.82) is 0 Å². The van der Waals surface area contributed by atoms with Crippen LogP contribution in [0.3, 0.4) is 0 Å². The minimum Gasteiger partial charge on any atom is -0.368 e. The first kappa shape index (κ1) is 12.8. The Bertz CT molecular complexity index is 554. The van der Waals surface area contributed by atoms with E-state index in [0.717, 1.165) is 10.2 Å². The van der Waals surface area contributed by atoms with Gasteiger partial charge < -0.3 is 11.1 Å². The SMILES string of the molecule is CC(C)c1cccc(Nc2nc(N)ncc2Br)c1. The number of nitrogens with zero attached hydrogens (tertiary/aromatic N) is 2. The molecule has 3 N–H and O–H groups in total. The number of rotatable bonds is 3. The van der Waals surface area contributed by atoms with E-state index >= 15 is 0 Å². The summed E-state index contributed by atoms with van der Waals surface area (Å²) in [6.45, 7) is 4.33. The summed E-state index contributed by atoms with van der Waals surface area (Å²) in [4.78, 5) is 8.06. The van der Waals surface area contributed by atoms with E-state index in [1.54, 1.807) is 6.20 Å². The van der Waals surface area contributed by atoms with Crippen molar-refractivity contribution in [2.24, 2.45) is 0 Å². The van der Waals surface area contributed by atoms with Gasteiger partial charge in [0, 0.05) is 11.9 Å². The molecule has 0 amide bonds. The Hall–Kier alpha value is -1.62. The lowest BCUT2D eigenvalue weighted by Crippen LogP contribution is -2.01. The smallest absolute Gasteiger partial charge is 0.222 e. The predicted octanol–water partition coefficient (Wildman–Crippen LogP) is 3.69. The average Bonchev–Trinajstić information content (AvgIpc) is 2.34. The van der Waals surface area contributed by atoms with Crippen LogP contribution in [0.15, 0.2) is 34.9 Å². The van der Waals surface area contributed by atoms with Crippen LogP contribution in [0.4, 0.5) is 17.5 Å². The molecule has 1 aromatic heterocycles. The maximum atomic E-state index is 5.58. The number of nitrogens with one attached hydrogen (secondary N) is 1. The fourth-order valence-corrected chi connectivity index (χ4v) is 1.87. The minimum atomic E-state index is 0.251. The van der Waals surface area contributed by atoms with Crippen LogP contribution >= 0.6 is 15.9 Å². The van der Waals surface area contributed by atoms with Crippen molar-refractivity contribution in [1.82, 2.24) is 9.97 Å². The van der Waals surface area contributed by atoms with E-state index in [0.29, 0.717) is 11.7 Å². The average molecular weight is 307 g/mol. The molecule has 0 spiro atoms. The summed E-state index contributed by atoms with van der Waals surface area (Å²) in [5, 5.41) is 3.23. The predicted molar refractivity (Wildman–Crippen MR) is 78.0 cm³/mol. The summed E-state index contributed by atoms with van der Waals surface area (Å²) in [6.07, 6.45) is 1.64. The molecule has 0 aliphatic rings. The van der Waals surface area contributed by atoms with Gasteiger partial charge in [-0.2, -0.15) is 4.98 Å². The number of hydrogen-bond acceptors (Lipinski definition) is 4. The van der Waals surface area contributed by atoms with Crippen molar-refractivity contribution >= 4 is 33.4 Å². The third-order valence-electron chi connectivity index (χ3n) is 2.58. The summed E-state index contributed by atoms with van der Waals surface area (Å²) in [5.74, 6) is 1.41. The second-order valence-electron chi connectivity index (χ2n) is 4.33. The Morgan fingerprint density at radius 3 is 2.83 bits per heavy atom. The fourth-order valence-electron chi connectivity index (χ4n) is 1.58. The summed E-state index contributed by atoms with van der Waals surface area (Å²) in [6, 6.07) is 8.24. The number of nitrogen functional groups attached to an aromatic ring is 1. The van der Waals surface area contributed by atoms with Crippen LogP contribution in [-0.4, -0.2) is 9.97 Å². The lowest BCUT2D eigenvalue weighted by atomic mass is 10.0. The lowest BCUT2D eigenvalue weighted by Gasteiger charge is -2.11. The highest BCUT2D eigenvalue weighted by atomic mass is 79.9. The van der Waals surface area contributed by atoms with Crippen molar-refractivity contribution in [3.63, 3.8) is 0 Å². The molecule has 18 heavy (non-hydrogen) atoms. The van der Waals surface area contributed by atoms with Crippen molar-refractivity contribution in [3.05, 3.63) is 40.5 Å². The largest absolute Gasteiger partial charge is 0.368 e. The Kier molecular flexibility index (Phi) is 3.81. The molecule has 0 unspecified atom stereocenters. The monoisotopic (exact) mass is 306 g/mol. The second kappa shape index (κ2) is 5.35. The van der Waals surface area contributed by atoms with Gasteiger partial charge in [0.2, 0.25) is 5.95 Å². The molecule has 4 nitrogen and oxygen atoms in total. The number of nitrogens with two attached hydrogens (primary N) is 1. The van der Waals surface area contributed by atoms with Gasteiger partial charge in [-0.15, -0.1) is 0 Å². The first-order chi connectivity index (χ1) is 8.56. The summed E-state index contributed by atoms with van der Waals surface area (Å²) >= 11 is 3.39. The summed E-state index contributed by atoms with van der Waals surface area (Å²) < 4.78 is 0.784. The molecule has 0 saturated heterocycles. The zero-order chi connectivity index (χ0) is 13.1. The number of hydrogen-bond donors (Lipinski definition) is 2. The summed E-state index contributed by atoms with van der Waals surface area (Å²) in [5.41, 5.74) is 7.84. The van der Waals surface area contributed by atoms with E-state index in [1.807, 2.05) is 12.1 Å². The quantitative estimate of drug-likeness (QED) is 0.908. The Balaban J connectivity index is 2.28. The van der Waals surface area contributed by atoms with Crippen LogP contribution < -0.4 is 11.1 Å². The molecule has 0 bridgehead atoms. The van der Waals surface area contributed by atoms with Gasteiger partial charge in [0.05, 0.1) is 4.47 Å². The van der Waals surface area contributed by atoms with Gasteiger partial charge >= 0.3 is 0 Å². The highest BCUT2D eigenvalue weighted by Gasteiger charge is 2.05. The maximum absolute atomic E-state index is 5.58. The zero-order valence-corrected chi connectivity index (χ0v) is 11.9. The van der Waals surface area contributed by atoms with Gasteiger partial charge in [-0.3, -0.25) is 0 Å². The molecule has 2 aromatic rings. The number of halogens is 1. The minimum absolute atomic E-state index is 0.251. The van der Waals surface area contributed by atoms with E-state index in [1.165, 1.54) is 5.56 Å². The highest BCUT2D eigenvalue weighted by molar-refractivity contribution is 9.10. The molecule has 0 fully saturated rings. The van der Waals surface area contributed by atoms with Gasteiger partial charge in [-0.25, -0.2) is 4.98 Å². The van der Waals surface area contributed by atoms with Crippen molar-refractivity contribution in [3.8, 4) is 0 Å². The molecular formula is C13H15BrN4. The van der Waals surface area contributed by atoms with Gasteiger partial charge in [-0.05, 0) is 39.5 Å². The van der Waals surface area contributed by atoms with Crippen molar-refractivity contribution in [2.75, 3.05) is 11.1 Å². The molecule has 1 heterocycles. The fraction of sp³-hybridized carbons (Fsp3) is 0.231. The topological polar surface area (TPSA) is 63.8 Å². The summed E-state index contributed by atoms with van der Waals surface area (Å²) in [7, 11) is 0. The van der Waals surface area contributed by atoms with Crippen LogP contribution in [0.25, 0.3) is 0 Å². The molecule has 94 valence electrons. The molecule has 2 rings (SSSR count). The maximum Gasteiger partial charge on any atom is 0.222 e. The first-order valence-corrected chi connectivity index (χ1v) is 6.50. The highest BCUT2D eigenvalue weighted by Crippen LogP contribution is 2.25. The first-order valence-electron chi connectivity index (χ1n) is 5.71. The van der Waals surface area contributed by atoms with Gasteiger partial charge in [0.25, 0.3) is 0 Å². The van der Waals surface area contributed by atoms with Crippen LogP contribution in [0.1, 0.15) is 25.3 Å². The Labute approximate surface area is 115 Å². The Morgan fingerprint density at radius 1 is 1.33 bits per heavy atom. The van der Waals surface area contributed by atoms with E-state index in [-0.39, 0.29) is 5.95 Å². The van der Waals surface area contributed by atoms with E-state index in [4.69, 9.17) is 5.73 Å². The van der Waals surface area contributed by atoms with Crippen molar-refractivity contribution in [2.45, 2.75) is 19.8 Å². The zero-order valence-electron chi connectivity index (χ0n) is 10.3. The van der Waals surface area contributed by atoms with Crippen LogP contribution in [0.5, 0.6) is 0 Å². The molecule has 0 aliphatic carbocycles. The molecule has 0 atom stereocenters. The van der Waals surface area contributed by atoms with E-state index in [2.05, 4.69) is 57.2 Å². The number of anilines is 3. The van der Waals surface area contributed by atoms with Crippen LogP contribution in [0, 0.1) is 0 Å². The molecule has 0 aliphatic heterocycles. The third kappa shape index (κ3) is 2.98. The van der Waals surface area contributed by atoms with Gasteiger partial charge in [0.1, 0.15) is 5.82 Å². The van der Waals surface area contributed by atoms with Crippen molar-refractivity contribution < 1.29 is 0 Å². The standard InChI is InChI=1S/C13H15BrN4/c1-8(2)9-4-3-5-10(6-9)17-12-11(14)7-16-13(15)18-12/h3-8H,1-2H3,(H3,15,16,17,18). The lowest BCUT2D eigenvalue weighted by molar-refractivity contribution is 0.867. The third-order valence-corrected chi connectivity index (χ3v) is 3.16.